The van der Waals surface area contributed by atoms with Crippen molar-refractivity contribution < 1.29 is 26.7 Å². The third kappa shape index (κ3) is 2.89. The van der Waals surface area contributed by atoms with Crippen molar-refractivity contribution in [2.75, 3.05) is 5.32 Å². The molecule has 0 aliphatic rings. The first kappa shape index (κ1) is 13.3. The molecule has 17 heavy (non-hydrogen) atoms. The Morgan fingerprint density at radius 3 is 2.29 bits per heavy atom. The zero-order valence-corrected chi connectivity index (χ0v) is 8.48. The van der Waals surface area contributed by atoms with E-state index in [1.165, 1.54) is 24.4 Å². The number of alkyl halides is 5. The topological polar surface area (TPSA) is 42.0 Å². The normalized spacial score (nSPS) is 12.4. The molecule has 0 spiro atoms. The van der Waals surface area contributed by atoms with E-state index in [0.717, 1.165) is 6.07 Å². The number of nitrogens with one attached hydrogen (secondary N) is 1. The van der Waals surface area contributed by atoms with Gasteiger partial charge in [0.15, 0.2) is 0 Å². The Balaban J connectivity index is 2.87. The Labute approximate surface area is 92.6 Å². The van der Waals surface area contributed by atoms with Crippen molar-refractivity contribution in [1.82, 2.24) is 4.98 Å². The van der Waals surface area contributed by atoms with Gasteiger partial charge < -0.3 is 5.32 Å². The van der Waals surface area contributed by atoms with Crippen LogP contribution in [0.4, 0.5) is 27.8 Å². The average molecular weight is 254 g/mol. The van der Waals surface area contributed by atoms with Gasteiger partial charge >= 0.3 is 18.0 Å². The van der Waals surface area contributed by atoms with Crippen LogP contribution in [0.25, 0.3) is 0 Å². The van der Waals surface area contributed by atoms with Gasteiger partial charge in [0.2, 0.25) is 0 Å². The summed E-state index contributed by atoms with van der Waals surface area (Å²) in [6.45, 7) is 1.50. The molecule has 0 saturated heterocycles. The molecule has 1 heterocycles. The molecule has 0 radical (unpaired) electrons. The van der Waals surface area contributed by atoms with Gasteiger partial charge in [0.1, 0.15) is 5.82 Å². The lowest BCUT2D eigenvalue weighted by molar-refractivity contribution is -0.267. The van der Waals surface area contributed by atoms with E-state index >= 15 is 0 Å². The minimum atomic E-state index is -5.93. The van der Waals surface area contributed by atoms with E-state index < -0.39 is 18.0 Å². The average Bonchev–Trinajstić information content (AvgIpc) is 2.15. The summed E-state index contributed by atoms with van der Waals surface area (Å²) in [5, 5.41) is 1.41. The first-order valence-electron chi connectivity index (χ1n) is 4.34. The van der Waals surface area contributed by atoms with Gasteiger partial charge in [-0.2, -0.15) is 22.0 Å². The minimum Gasteiger partial charge on any atom is -0.305 e. The zero-order chi connectivity index (χ0) is 13.3. The number of aromatic nitrogens is 1. The Morgan fingerprint density at radius 2 is 1.82 bits per heavy atom. The molecule has 94 valence electrons. The summed E-state index contributed by atoms with van der Waals surface area (Å²) in [7, 11) is 0. The van der Waals surface area contributed by atoms with E-state index in [1.807, 2.05) is 0 Å². The maximum Gasteiger partial charge on any atom is 0.463 e. The van der Waals surface area contributed by atoms with Crippen LogP contribution in [0.1, 0.15) is 5.69 Å². The number of hydrogen-bond acceptors (Lipinski definition) is 2. The second kappa shape index (κ2) is 4.27. The van der Waals surface area contributed by atoms with E-state index in [9.17, 15) is 26.7 Å². The highest BCUT2D eigenvalue weighted by molar-refractivity contribution is 5.95. The van der Waals surface area contributed by atoms with Crippen LogP contribution in [0.3, 0.4) is 0 Å². The van der Waals surface area contributed by atoms with Crippen LogP contribution in [0.15, 0.2) is 18.2 Å². The van der Waals surface area contributed by atoms with E-state index in [1.54, 1.807) is 0 Å². The van der Waals surface area contributed by atoms with Crippen molar-refractivity contribution in [2.24, 2.45) is 0 Å². The monoisotopic (exact) mass is 254 g/mol. The number of rotatable bonds is 2. The second-order valence-electron chi connectivity index (χ2n) is 3.19. The largest absolute Gasteiger partial charge is 0.463 e. The summed E-state index contributed by atoms with van der Waals surface area (Å²) in [6.07, 6.45) is -5.93. The van der Waals surface area contributed by atoms with Gasteiger partial charge in [0.05, 0.1) is 0 Å². The highest BCUT2D eigenvalue weighted by Crippen LogP contribution is 2.36. The maximum absolute atomic E-state index is 12.5. The van der Waals surface area contributed by atoms with Crippen LogP contribution >= 0.6 is 0 Å². The lowest BCUT2D eigenvalue weighted by Gasteiger charge is -2.18. The minimum absolute atomic E-state index is 0.362. The number of nitrogens with zero attached hydrogens (tertiary/aromatic N) is 1. The Bertz CT molecular complexity index is 430. The van der Waals surface area contributed by atoms with E-state index in [4.69, 9.17) is 0 Å². The highest BCUT2D eigenvalue weighted by atomic mass is 19.4. The van der Waals surface area contributed by atoms with Crippen molar-refractivity contribution in [2.45, 2.75) is 19.0 Å². The second-order valence-corrected chi connectivity index (χ2v) is 3.19. The summed E-state index contributed by atoms with van der Waals surface area (Å²) >= 11 is 0. The molecule has 1 N–H and O–H groups in total. The molecular weight excluding hydrogens is 247 g/mol. The van der Waals surface area contributed by atoms with Crippen molar-refractivity contribution in [3.63, 3.8) is 0 Å². The van der Waals surface area contributed by atoms with Crippen LogP contribution in [0.2, 0.25) is 0 Å². The van der Waals surface area contributed by atoms with Gasteiger partial charge in [-0.15, -0.1) is 0 Å². The first-order chi connectivity index (χ1) is 7.64. The summed E-state index contributed by atoms with van der Waals surface area (Å²) in [5.41, 5.74) is 0.373. The van der Waals surface area contributed by atoms with Crippen LogP contribution in [-0.4, -0.2) is 23.0 Å². The van der Waals surface area contributed by atoms with Gasteiger partial charge in [0.25, 0.3) is 0 Å². The lowest BCUT2D eigenvalue weighted by Crippen LogP contribution is -2.47. The molecule has 0 aromatic carbocycles. The predicted octanol–water partition coefficient (Wildman–Crippen LogP) is 2.53. The van der Waals surface area contributed by atoms with Gasteiger partial charge in [-0.3, -0.25) is 4.79 Å². The fourth-order valence-corrected chi connectivity index (χ4v) is 0.936. The maximum atomic E-state index is 12.5. The summed E-state index contributed by atoms with van der Waals surface area (Å²) in [5.74, 6) is -8.26. The number of halogens is 5. The third-order valence-corrected chi connectivity index (χ3v) is 1.77. The number of hydrogen-bond donors (Lipinski definition) is 1. The lowest BCUT2D eigenvalue weighted by atomic mass is 10.3. The molecule has 0 aliphatic heterocycles. The fourth-order valence-electron chi connectivity index (χ4n) is 0.936. The van der Waals surface area contributed by atoms with Crippen LogP contribution in [0, 0.1) is 6.92 Å². The number of anilines is 1. The summed E-state index contributed by atoms with van der Waals surface area (Å²) in [6, 6.07) is 3.97. The fraction of sp³-hybridized carbons (Fsp3) is 0.333. The molecule has 0 atom stereocenters. The molecule has 3 nitrogen and oxygen atoms in total. The van der Waals surface area contributed by atoms with Crippen molar-refractivity contribution in [3.8, 4) is 0 Å². The van der Waals surface area contributed by atoms with Crippen molar-refractivity contribution >= 4 is 11.7 Å². The SMILES string of the molecule is Cc1cccc(NC(=O)C(F)(F)C(F)(F)F)n1. The molecule has 0 saturated carbocycles. The first-order valence-corrected chi connectivity index (χ1v) is 4.34. The standard InChI is InChI=1S/C9H7F5N2O/c1-5-3-2-4-6(15-5)16-7(17)8(10,11)9(12,13)14/h2-4H,1H3,(H,15,16,17). The predicted molar refractivity (Wildman–Crippen MR) is 48.6 cm³/mol. The molecule has 8 heteroatoms. The molecular formula is C9H7F5N2O. The molecule has 1 aromatic rings. The molecule has 0 bridgehead atoms. The highest BCUT2D eigenvalue weighted by Gasteiger charge is 2.63. The molecule has 1 rings (SSSR count). The molecule has 0 fully saturated rings. The third-order valence-electron chi connectivity index (χ3n) is 1.77. The van der Waals surface area contributed by atoms with Crippen molar-refractivity contribution in [3.05, 3.63) is 23.9 Å². The zero-order valence-electron chi connectivity index (χ0n) is 8.48. The van der Waals surface area contributed by atoms with Gasteiger partial charge in [-0.25, -0.2) is 4.98 Å². The van der Waals surface area contributed by atoms with Crippen LogP contribution in [-0.2, 0) is 4.79 Å². The molecule has 1 amide bonds. The van der Waals surface area contributed by atoms with Gasteiger partial charge in [-0.1, -0.05) is 6.07 Å². The molecule has 1 aromatic heterocycles. The number of carbonyl (C=O) groups is 1. The smallest absolute Gasteiger partial charge is 0.305 e. The Hall–Kier alpha value is -1.73. The van der Waals surface area contributed by atoms with Gasteiger partial charge in [0, 0.05) is 5.69 Å². The Morgan fingerprint density at radius 1 is 1.24 bits per heavy atom. The van der Waals surface area contributed by atoms with E-state index in [-0.39, 0.29) is 5.82 Å². The molecule has 0 unspecified atom stereocenters. The van der Waals surface area contributed by atoms with E-state index in [0.29, 0.717) is 5.69 Å². The van der Waals surface area contributed by atoms with Crippen LogP contribution < -0.4 is 5.32 Å². The number of aryl methyl sites for hydroxylation is 1. The number of amides is 1. The van der Waals surface area contributed by atoms with Crippen molar-refractivity contribution in [1.29, 1.82) is 0 Å². The van der Waals surface area contributed by atoms with Crippen LogP contribution in [0.5, 0.6) is 0 Å². The number of carbonyl (C=O) groups excluding carboxylic acids is 1. The number of pyridine rings is 1. The Kier molecular flexibility index (Phi) is 3.35. The quantitative estimate of drug-likeness (QED) is 0.824. The summed E-state index contributed by atoms with van der Waals surface area (Å²) < 4.78 is 60.6. The molecule has 0 aliphatic carbocycles. The van der Waals surface area contributed by atoms with E-state index in [2.05, 4.69) is 4.98 Å². The summed E-state index contributed by atoms with van der Waals surface area (Å²) in [4.78, 5) is 14.3. The van der Waals surface area contributed by atoms with Gasteiger partial charge in [-0.05, 0) is 19.1 Å².